The maximum atomic E-state index is 11.0. The molecule has 0 spiro atoms. The van der Waals surface area contributed by atoms with Crippen LogP contribution in [0.1, 0.15) is 44.1 Å². The summed E-state index contributed by atoms with van der Waals surface area (Å²) in [6, 6.07) is 6.70. The van der Waals surface area contributed by atoms with Gasteiger partial charge in [0.05, 0.1) is 22.6 Å². The van der Waals surface area contributed by atoms with Crippen molar-refractivity contribution < 1.29 is 10.0 Å². The predicted octanol–water partition coefficient (Wildman–Crippen LogP) is 2.84. The first-order chi connectivity index (χ1) is 10.6. The first-order valence-electron chi connectivity index (χ1n) is 8.57. The number of halogens is 2. The van der Waals surface area contributed by atoms with Gasteiger partial charge < -0.3 is 10.0 Å². The van der Waals surface area contributed by atoms with Crippen LogP contribution < -0.4 is 4.90 Å². The average molecular weight is 341 g/mol. The molecular weight excluding hydrogens is 317 g/mol. The highest BCUT2D eigenvalue weighted by molar-refractivity contribution is 6.42. The summed E-state index contributed by atoms with van der Waals surface area (Å²) in [4.78, 5) is 1.63. The third-order valence-corrected chi connectivity index (χ3v) is 7.24. The molecular formula is C18H24Cl2NO+. The highest BCUT2D eigenvalue weighted by Crippen LogP contribution is 2.47. The maximum Gasteiger partial charge on any atom is 0.112 e. The fourth-order valence-electron chi connectivity index (χ4n) is 5.04. The molecule has 2 saturated carbocycles. The van der Waals surface area contributed by atoms with Gasteiger partial charge in [0.1, 0.15) is 12.6 Å². The number of hydrogen-bond acceptors (Lipinski definition) is 1. The zero-order valence-corrected chi connectivity index (χ0v) is 14.3. The van der Waals surface area contributed by atoms with E-state index in [1.54, 1.807) is 4.90 Å². The number of hydrogen-bond donors (Lipinski definition) is 2. The van der Waals surface area contributed by atoms with Gasteiger partial charge in [0, 0.05) is 17.8 Å². The molecule has 0 amide bonds. The van der Waals surface area contributed by atoms with Gasteiger partial charge in [-0.25, -0.2) is 0 Å². The van der Waals surface area contributed by atoms with Crippen molar-refractivity contribution in [1.82, 2.24) is 0 Å². The number of piperidine rings is 1. The van der Waals surface area contributed by atoms with Crippen molar-refractivity contribution in [3.63, 3.8) is 0 Å². The van der Waals surface area contributed by atoms with Gasteiger partial charge in [0.15, 0.2) is 0 Å². The normalized spacial score (nSPS) is 33.7. The van der Waals surface area contributed by atoms with Crippen molar-refractivity contribution in [2.45, 2.75) is 56.1 Å². The number of aliphatic hydroxyl groups excluding tert-OH is 1. The fourth-order valence-corrected chi connectivity index (χ4v) is 5.34. The summed E-state index contributed by atoms with van der Waals surface area (Å²) in [6.45, 7) is 2.15. The SMILES string of the molecule is OC(C[NH+]1CC2CCC1C2)C1(c2ccc(Cl)c(Cl)c2)CCC1. The van der Waals surface area contributed by atoms with E-state index in [0.717, 1.165) is 31.3 Å². The van der Waals surface area contributed by atoms with Gasteiger partial charge in [-0.05, 0) is 43.4 Å². The fraction of sp³-hybridized carbons (Fsp3) is 0.667. The Morgan fingerprint density at radius 2 is 2.05 bits per heavy atom. The molecule has 120 valence electrons. The predicted molar refractivity (Wildman–Crippen MR) is 89.8 cm³/mol. The molecule has 2 nitrogen and oxygen atoms in total. The molecule has 1 aromatic carbocycles. The number of rotatable bonds is 4. The zero-order chi connectivity index (χ0) is 15.3. The second-order valence-electron chi connectivity index (χ2n) is 7.60. The Bertz CT molecular complexity index is 572. The van der Waals surface area contributed by atoms with Crippen molar-refractivity contribution in [2.75, 3.05) is 13.1 Å². The van der Waals surface area contributed by atoms with E-state index < -0.39 is 0 Å². The van der Waals surface area contributed by atoms with Crippen molar-refractivity contribution in [3.8, 4) is 0 Å². The summed E-state index contributed by atoms with van der Waals surface area (Å²) in [6.07, 6.45) is 7.18. The lowest BCUT2D eigenvalue weighted by Crippen LogP contribution is -3.15. The summed E-state index contributed by atoms with van der Waals surface area (Å²) in [5.41, 5.74) is 1.08. The van der Waals surface area contributed by atoms with E-state index >= 15 is 0 Å². The van der Waals surface area contributed by atoms with Gasteiger partial charge in [-0.2, -0.15) is 0 Å². The van der Waals surface area contributed by atoms with Gasteiger partial charge in [0.2, 0.25) is 0 Å². The lowest BCUT2D eigenvalue weighted by molar-refractivity contribution is -0.921. The Morgan fingerprint density at radius 1 is 1.23 bits per heavy atom. The quantitative estimate of drug-likeness (QED) is 0.865. The Morgan fingerprint density at radius 3 is 2.59 bits per heavy atom. The number of nitrogens with one attached hydrogen (secondary N) is 1. The van der Waals surface area contributed by atoms with Gasteiger partial charge in [-0.15, -0.1) is 0 Å². The molecule has 0 aromatic heterocycles. The molecule has 22 heavy (non-hydrogen) atoms. The Hall–Kier alpha value is -0.280. The molecule has 2 N–H and O–H groups in total. The minimum absolute atomic E-state index is 0.0942. The first-order valence-corrected chi connectivity index (χ1v) is 9.32. The second kappa shape index (κ2) is 5.66. The van der Waals surface area contributed by atoms with Crippen molar-refractivity contribution in [3.05, 3.63) is 33.8 Å². The standard InChI is InChI=1S/C18H23Cl2NO/c19-15-5-3-13(9-16(15)20)18(6-1-7-18)17(22)11-21-10-12-2-4-14(21)8-12/h3,5,9,12,14,17,22H,1-2,4,6-8,10-11H2/p+1. The lowest BCUT2D eigenvalue weighted by Gasteiger charge is -2.46. The molecule has 0 radical (unpaired) electrons. The van der Waals surface area contributed by atoms with E-state index in [2.05, 4.69) is 6.07 Å². The second-order valence-corrected chi connectivity index (χ2v) is 8.41. The van der Waals surface area contributed by atoms with Crippen LogP contribution in [0, 0.1) is 5.92 Å². The molecule has 2 aliphatic carbocycles. The smallest absolute Gasteiger partial charge is 0.112 e. The Kier molecular flexibility index (Phi) is 3.93. The van der Waals surface area contributed by atoms with Crippen LogP contribution in [-0.2, 0) is 5.41 Å². The van der Waals surface area contributed by atoms with Gasteiger partial charge in [-0.1, -0.05) is 35.7 Å². The van der Waals surface area contributed by atoms with Gasteiger partial charge >= 0.3 is 0 Å². The first kappa shape index (κ1) is 15.3. The molecule has 4 heteroatoms. The van der Waals surface area contributed by atoms with Crippen LogP contribution in [0.25, 0.3) is 0 Å². The molecule has 1 heterocycles. The highest BCUT2D eigenvalue weighted by atomic mass is 35.5. The average Bonchev–Trinajstić information content (AvgIpc) is 3.04. The van der Waals surface area contributed by atoms with E-state index in [0.29, 0.717) is 10.0 Å². The van der Waals surface area contributed by atoms with Crippen LogP contribution in [0.15, 0.2) is 18.2 Å². The Labute approximate surface area is 142 Å². The van der Waals surface area contributed by atoms with Crippen LogP contribution in [0.3, 0.4) is 0 Å². The van der Waals surface area contributed by atoms with Crippen LogP contribution in [-0.4, -0.2) is 30.3 Å². The van der Waals surface area contributed by atoms with Crippen LogP contribution in [0.5, 0.6) is 0 Å². The molecule has 4 atom stereocenters. The third-order valence-electron chi connectivity index (χ3n) is 6.50. The van der Waals surface area contributed by atoms with E-state index in [-0.39, 0.29) is 11.5 Å². The highest BCUT2D eigenvalue weighted by Gasteiger charge is 2.49. The molecule has 4 unspecified atom stereocenters. The largest absolute Gasteiger partial charge is 0.386 e. The molecule has 3 aliphatic rings. The topological polar surface area (TPSA) is 24.7 Å². The number of aliphatic hydroxyl groups is 1. The monoisotopic (exact) mass is 340 g/mol. The number of likely N-dealkylation sites (tertiary alicyclic amines) is 1. The third kappa shape index (κ3) is 2.39. The summed E-state index contributed by atoms with van der Waals surface area (Å²) in [5.74, 6) is 0.912. The summed E-state index contributed by atoms with van der Waals surface area (Å²) in [7, 11) is 0. The van der Waals surface area contributed by atoms with E-state index in [1.165, 1.54) is 37.8 Å². The summed E-state index contributed by atoms with van der Waals surface area (Å²) >= 11 is 12.3. The van der Waals surface area contributed by atoms with Crippen molar-refractivity contribution in [1.29, 1.82) is 0 Å². The van der Waals surface area contributed by atoms with Crippen molar-refractivity contribution >= 4 is 23.2 Å². The molecule has 3 fully saturated rings. The van der Waals surface area contributed by atoms with E-state index in [1.807, 2.05) is 12.1 Å². The molecule has 1 aliphatic heterocycles. The molecule has 2 bridgehead atoms. The van der Waals surface area contributed by atoms with Crippen LogP contribution in [0.4, 0.5) is 0 Å². The van der Waals surface area contributed by atoms with E-state index in [4.69, 9.17) is 23.2 Å². The minimum atomic E-state index is -0.271. The number of benzene rings is 1. The van der Waals surface area contributed by atoms with Crippen LogP contribution in [0.2, 0.25) is 10.0 Å². The lowest BCUT2D eigenvalue weighted by atomic mass is 9.61. The van der Waals surface area contributed by atoms with Gasteiger partial charge in [0.25, 0.3) is 0 Å². The molecule has 1 saturated heterocycles. The maximum absolute atomic E-state index is 11.0. The van der Waals surface area contributed by atoms with Crippen LogP contribution >= 0.6 is 23.2 Å². The summed E-state index contributed by atoms with van der Waals surface area (Å²) < 4.78 is 0. The minimum Gasteiger partial charge on any atom is -0.386 e. The van der Waals surface area contributed by atoms with Crippen molar-refractivity contribution in [2.24, 2.45) is 5.92 Å². The molecule has 4 rings (SSSR count). The van der Waals surface area contributed by atoms with Gasteiger partial charge in [-0.3, -0.25) is 0 Å². The number of fused-ring (bicyclic) bond motifs is 2. The molecule has 1 aromatic rings. The Balaban J connectivity index is 1.53. The van der Waals surface area contributed by atoms with E-state index in [9.17, 15) is 5.11 Å². The summed E-state index contributed by atoms with van der Waals surface area (Å²) in [5, 5.41) is 12.2. The number of quaternary nitrogens is 1. The zero-order valence-electron chi connectivity index (χ0n) is 12.8.